The molecule has 132 valence electrons. The van der Waals surface area contributed by atoms with Crippen molar-refractivity contribution in [1.29, 1.82) is 0 Å². The summed E-state index contributed by atoms with van der Waals surface area (Å²) in [7, 11) is 0. The molecule has 1 aliphatic heterocycles. The molecule has 0 aliphatic carbocycles. The van der Waals surface area contributed by atoms with E-state index in [1.54, 1.807) is 0 Å². The van der Waals surface area contributed by atoms with Crippen LogP contribution in [0.4, 0.5) is 18.9 Å². The van der Waals surface area contributed by atoms with E-state index in [-0.39, 0.29) is 24.2 Å². The lowest BCUT2D eigenvalue weighted by atomic mass is 10.0. The number of halogens is 3. The molecule has 7 heteroatoms. The molecule has 1 atom stereocenters. The molecule has 0 radical (unpaired) electrons. The van der Waals surface area contributed by atoms with Crippen LogP contribution in [0, 0.1) is 0 Å². The third-order valence-corrected chi connectivity index (χ3v) is 3.94. The van der Waals surface area contributed by atoms with Crippen LogP contribution in [0.15, 0.2) is 48.5 Å². The van der Waals surface area contributed by atoms with Crippen LogP contribution in [-0.2, 0) is 11.0 Å². The van der Waals surface area contributed by atoms with Crippen LogP contribution < -0.4 is 15.4 Å². The number of hydrogen-bond acceptors (Lipinski definition) is 3. The normalized spacial score (nSPS) is 16.5. The van der Waals surface area contributed by atoms with Gasteiger partial charge in [0, 0.05) is 17.7 Å². The van der Waals surface area contributed by atoms with Crippen LogP contribution in [0.1, 0.15) is 23.6 Å². The Hall–Kier alpha value is -2.70. The number of fused-ring (bicyclic) bond motifs is 1. The number of nitrogens with one attached hydrogen (secondary N) is 2. The van der Waals surface area contributed by atoms with E-state index in [1.807, 2.05) is 24.3 Å². The Kier molecular flexibility index (Phi) is 4.83. The number of rotatable bonds is 4. The molecule has 1 aliphatic rings. The summed E-state index contributed by atoms with van der Waals surface area (Å²) in [5, 5.41) is 5.61. The van der Waals surface area contributed by atoms with Crippen molar-refractivity contribution < 1.29 is 22.7 Å². The fraction of sp³-hybridized carbons (Fsp3) is 0.278. The second kappa shape index (κ2) is 7.04. The minimum absolute atomic E-state index is 0.110. The van der Waals surface area contributed by atoms with Crippen molar-refractivity contribution >= 4 is 11.6 Å². The van der Waals surface area contributed by atoms with Gasteiger partial charge in [-0.25, -0.2) is 0 Å². The number of anilines is 1. The van der Waals surface area contributed by atoms with E-state index in [9.17, 15) is 18.0 Å². The zero-order valence-electron chi connectivity index (χ0n) is 13.3. The maximum atomic E-state index is 12.7. The molecule has 4 nitrogen and oxygen atoms in total. The lowest BCUT2D eigenvalue weighted by Crippen LogP contribution is -2.35. The summed E-state index contributed by atoms with van der Waals surface area (Å²) in [5.74, 6) is 0.448. The fourth-order valence-corrected chi connectivity index (χ4v) is 2.73. The maximum absolute atomic E-state index is 12.7. The summed E-state index contributed by atoms with van der Waals surface area (Å²) in [4.78, 5) is 12.1. The molecule has 0 spiro atoms. The first kappa shape index (κ1) is 17.1. The highest BCUT2D eigenvalue weighted by molar-refractivity contribution is 5.81. The molecular weight excluding hydrogens is 333 g/mol. The summed E-state index contributed by atoms with van der Waals surface area (Å²) >= 11 is 0. The van der Waals surface area contributed by atoms with Crippen molar-refractivity contribution in [3.8, 4) is 5.75 Å². The van der Waals surface area contributed by atoms with Crippen LogP contribution in [0.5, 0.6) is 5.75 Å². The van der Waals surface area contributed by atoms with Gasteiger partial charge in [-0.1, -0.05) is 24.3 Å². The lowest BCUT2D eigenvalue weighted by molar-refractivity contribution is -0.137. The molecule has 0 saturated heterocycles. The van der Waals surface area contributed by atoms with E-state index >= 15 is 0 Å². The third-order valence-electron chi connectivity index (χ3n) is 3.94. The van der Waals surface area contributed by atoms with E-state index in [2.05, 4.69) is 10.6 Å². The van der Waals surface area contributed by atoms with Crippen LogP contribution in [0.2, 0.25) is 0 Å². The van der Waals surface area contributed by atoms with E-state index < -0.39 is 11.7 Å². The topological polar surface area (TPSA) is 50.4 Å². The van der Waals surface area contributed by atoms with Crippen molar-refractivity contribution in [2.45, 2.75) is 18.6 Å². The molecule has 0 fully saturated rings. The van der Waals surface area contributed by atoms with Gasteiger partial charge in [-0.2, -0.15) is 13.2 Å². The quantitative estimate of drug-likeness (QED) is 0.883. The molecule has 2 aromatic carbocycles. The minimum atomic E-state index is -4.41. The standard InChI is InChI=1S/C18H17F3N2O2/c19-18(20,21)12-4-3-5-13(10-12)22-11-17(24)23-15-8-9-25-16-7-2-1-6-14(15)16/h1-7,10,15,22H,8-9,11H2,(H,23,24). The van der Waals surface area contributed by atoms with Gasteiger partial charge in [0.2, 0.25) is 5.91 Å². The zero-order valence-corrected chi connectivity index (χ0v) is 13.3. The molecule has 0 aromatic heterocycles. The summed E-state index contributed by atoms with van der Waals surface area (Å²) < 4.78 is 43.6. The number of carbonyl (C=O) groups is 1. The monoisotopic (exact) mass is 350 g/mol. The SMILES string of the molecule is O=C(CNc1cccc(C(F)(F)F)c1)NC1CCOc2ccccc21. The number of amides is 1. The second-order valence-electron chi connectivity index (χ2n) is 5.73. The number of ether oxygens (including phenoxy) is 1. The summed E-state index contributed by atoms with van der Waals surface area (Å²) in [5.41, 5.74) is 0.398. The smallest absolute Gasteiger partial charge is 0.416 e. The fourth-order valence-electron chi connectivity index (χ4n) is 2.73. The van der Waals surface area contributed by atoms with Gasteiger partial charge in [-0.05, 0) is 24.3 Å². The first-order valence-electron chi connectivity index (χ1n) is 7.86. The van der Waals surface area contributed by atoms with Gasteiger partial charge >= 0.3 is 6.18 Å². The van der Waals surface area contributed by atoms with Crippen LogP contribution in [0.3, 0.4) is 0 Å². The van der Waals surface area contributed by atoms with Crippen LogP contribution in [-0.4, -0.2) is 19.1 Å². The van der Waals surface area contributed by atoms with Gasteiger partial charge < -0.3 is 15.4 Å². The highest BCUT2D eigenvalue weighted by Crippen LogP contribution is 2.32. The number of alkyl halides is 3. The molecule has 3 rings (SSSR count). The van der Waals surface area contributed by atoms with E-state index in [4.69, 9.17) is 4.74 Å². The molecule has 25 heavy (non-hydrogen) atoms. The van der Waals surface area contributed by atoms with Crippen molar-refractivity contribution in [3.05, 3.63) is 59.7 Å². The number of para-hydroxylation sites is 1. The molecule has 1 amide bonds. The number of hydrogen-bond donors (Lipinski definition) is 2. The van der Waals surface area contributed by atoms with Crippen molar-refractivity contribution in [3.63, 3.8) is 0 Å². The molecule has 1 heterocycles. The number of benzene rings is 2. The summed E-state index contributed by atoms with van der Waals surface area (Å²) in [6, 6.07) is 12.1. The van der Waals surface area contributed by atoms with Gasteiger partial charge in [0.25, 0.3) is 0 Å². The molecule has 1 unspecified atom stereocenters. The van der Waals surface area contributed by atoms with Gasteiger partial charge in [0.15, 0.2) is 0 Å². The predicted molar refractivity (Wildman–Crippen MR) is 87.4 cm³/mol. The molecule has 2 N–H and O–H groups in total. The first-order chi connectivity index (χ1) is 11.9. The van der Waals surface area contributed by atoms with Gasteiger partial charge in [-0.15, -0.1) is 0 Å². The third kappa shape index (κ3) is 4.23. The average molecular weight is 350 g/mol. The van der Waals surface area contributed by atoms with Crippen molar-refractivity contribution in [2.24, 2.45) is 0 Å². The minimum Gasteiger partial charge on any atom is -0.493 e. The highest BCUT2D eigenvalue weighted by Gasteiger charge is 2.30. The zero-order chi connectivity index (χ0) is 17.9. The van der Waals surface area contributed by atoms with Crippen LogP contribution >= 0.6 is 0 Å². The lowest BCUT2D eigenvalue weighted by Gasteiger charge is -2.26. The average Bonchev–Trinajstić information content (AvgIpc) is 2.60. The Morgan fingerprint density at radius 3 is 2.76 bits per heavy atom. The largest absolute Gasteiger partial charge is 0.493 e. The van der Waals surface area contributed by atoms with E-state index in [1.165, 1.54) is 12.1 Å². The Labute approximate surface area is 143 Å². The molecule has 0 bridgehead atoms. The van der Waals surface area contributed by atoms with Crippen molar-refractivity contribution in [2.75, 3.05) is 18.5 Å². The van der Waals surface area contributed by atoms with E-state index in [0.29, 0.717) is 13.0 Å². The Morgan fingerprint density at radius 2 is 1.96 bits per heavy atom. The van der Waals surface area contributed by atoms with Gasteiger partial charge in [-0.3, -0.25) is 4.79 Å². The van der Waals surface area contributed by atoms with Gasteiger partial charge in [0.1, 0.15) is 5.75 Å². The van der Waals surface area contributed by atoms with Crippen molar-refractivity contribution in [1.82, 2.24) is 5.32 Å². The Morgan fingerprint density at radius 1 is 1.16 bits per heavy atom. The molecular formula is C18H17F3N2O2. The summed E-state index contributed by atoms with van der Waals surface area (Å²) in [6.45, 7) is 0.393. The predicted octanol–water partition coefficient (Wildman–Crippen LogP) is 3.76. The highest BCUT2D eigenvalue weighted by atomic mass is 19.4. The molecule has 2 aromatic rings. The molecule has 0 saturated carbocycles. The van der Waals surface area contributed by atoms with E-state index in [0.717, 1.165) is 23.4 Å². The van der Waals surface area contributed by atoms with Crippen LogP contribution in [0.25, 0.3) is 0 Å². The first-order valence-corrected chi connectivity index (χ1v) is 7.86. The number of carbonyl (C=O) groups excluding carboxylic acids is 1. The Balaban J connectivity index is 1.59. The Bertz CT molecular complexity index is 762. The second-order valence-corrected chi connectivity index (χ2v) is 5.73. The van der Waals surface area contributed by atoms with Gasteiger partial charge in [0.05, 0.1) is 24.8 Å². The maximum Gasteiger partial charge on any atom is 0.416 e. The summed E-state index contributed by atoms with van der Waals surface area (Å²) in [6.07, 6.45) is -3.77.